The molecular weight excluding hydrogens is 248 g/mol. The predicted molar refractivity (Wildman–Crippen MR) is 75.0 cm³/mol. The van der Waals surface area contributed by atoms with E-state index in [0.29, 0.717) is 4.64 Å². The molecule has 84 valence electrons. The van der Waals surface area contributed by atoms with E-state index < -0.39 is 0 Å². The first-order chi connectivity index (χ1) is 8.24. The summed E-state index contributed by atoms with van der Waals surface area (Å²) in [6.45, 7) is 2.10. The van der Waals surface area contributed by atoms with E-state index in [0.717, 1.165) is 10.2 Å². The zero-order valence-corrected chi connectivity index (χ0v) is 10.9. The van der Waals surface area contributed by atoms with Crippen LogP contribution in [0, 0.1) is 11.6 Å². The van der Waals surface area contributed by atoms with Crippen LogP contribution in [0.4, 0.5) is 0 Å². The van der Waals surface area contributed by atoms with Crippen molar-refractivity contribution in [3.8, 4) is 10.4 Å². The van der Waals surface area contributed by atoms with Crippen molar-refractivity contribution in [2.24, 2.45) is 0 Å². The van der Waals surface area contributed by atoms with E-state index in [9.17, 15) is 0 Å². The zero-order chi connectivity index (χ0) is 11.8. The van der Waals surface area contributed by atoms with Crippen molar-refractivity contribution in [3.63, 3.8) is 0 Å². The highest BCUT2D eigenvalue weighted by atomic mass is 32.1. The first kappa shape index (κ1) is 10.6. The molecule has 0 amide bonds. The molecule has 0 atom stereocenters. The average Bonchev–Trinajstić information content (AvgIpc) is 2.74. The number of hydrogen-bond donors (Lipinski definition) is 1. The quantitative estimate of drug-likeness (QED) is 0.658. The van der Waals surface area contributed by atoms with E-state index in [2.05, 4.69) is 47.2 Å². The highest BCUT2D eigenvalue weighted by molar-refractivity contribution is 7.71. The van der Waals surface area contributed by atoms with Gasteiger partial charge in [-0.1, -0.05) is 42.0 Å². The fraction of sp³-hybridized carbons (Fsp3) is 0.0769. The molecule has 2 heterocycles. The van der Waals surface area contributed by atoms with Crippen LogP contribution in [-0.2, 0) is 0 Å². The van der Waals surface area contributed by atoms with Gasteiger partial charge in [-0.2, -0.15) is 0 Å². The summed E-state index contributed by atoms with van der Waals surface area (Å²) in [4.78, 5) is 8.45. The van der Waals surface area contributed by atoms with Crippen LogP contribution in [0.2, 0.25) is 0 Å². The fourth-order valence-corrected chi connectivity index (χ4v) is 3.11. The van der Waals surface area contributed by atoms with Gasteiger partial charge in [0.1, 0.15) is 4.64 Å². The third-order valence-electron chi connectivity index (χ3n) is 2.63. The molecule has 2 nitrogen and oxygen atoms in total. The smallest absolute Gasteiger partial charge is 0.147 e. The van der Waals surface area contributed by atoms with E-state index in [4.69, 9.17) is 12.2 Å². The molecule has 0 aliphatic rings. The van der Waals surface area contributed by atoms with Crippen molar-refractivity contribution in [1.82, 2.24) is 9.97 Å². The maximum Gasteiger partial charge on any atom is 0.147 e. The standard InChI is InChI=1S/C13H10N2S2/c1-8-3-2-4-9(5-8)11-6-10-12(17-11)13(16)15-7-14-10/h2-7H,1H3,(H,14,15,16). The number of hydrogen-bond acceptors (Lipinski definition) is 3. The zero-order valence-electron chi connectivity index (χ0n) is 9.23. The van der Waals surface area contributed by atoms with Gasteiger partial charge in [-0.05, 0) is 18.6 Å². The number of aryl methyl sites for hydroxylation is 1. The van der Waals surface area contributed by atoms with E-state index >= 15 is 0 Å². The van der Waals surface area contributed by atoms with Gasteiger partial charge in [0.2, 0.25) is 0 Å². The molecule has 2 aromatic heterocycles. The van der Waals surface area contributed by atoms with Crippen molar-refractivity contribution in [1.29, 1.82) is 0 Å². The Labute approximate surface area is 108 Å². The molecular formula is C13H10N2S2. The molecule has 3 rings (SSSR count). The third-order valence-corrected chi connectivity index (χ3v) is 4.26. The van der Waals surface area contributed by atoms with E-state index in [-0.39, 0.29) is 0 Å². The number of H-pyrrole nitrogens is 1. The Morgan fingerprint density at radius 1 is 1.29 bits per heavy atom. The summed E-state index contributed by atoms with van der Waals surface area (Å²) in [5.41, 5.74) is 3.56. The van der Waals surface area contributed by atoms with Gasteiger partial charge in [-0.15, -0.1) is 11.3 Å². The third kappa shape index (κ3) is 1.90. The number of aromatic nitrogens is 2. The van der Waals surface area contributed by atoms with Crippen LogP contribution in [0.15, 0.2) is 36.7 Å². The second-order valence-electron chi connectivity index (χ2n) is 3.93. The van der Waals surface area contributed by atoms with Gasteiger partial charge >= 0.3 is 0 Å². The molecule has 3 aromatic rings. The van der Waals surface area contributed by atoms with Crippen LogP contribution in [0.5, 0.6) is 0 Å². The molecule has 17 heavy (non-hydrogen) atoms. The van der Waals surface area contributed by atoms with Crippen LogP contribution in [0.25, 0.3) is 20.7 Å². The first-order valence-corrected chi connectivity index (χ1v) is 6.51. The van der Waals surface area contributed by atoms with Gasteiger partial charge < -0.3 is 4.98 Å². The summed E-state index contributed by atoms with van der Waals surface area (Å²) >= 11 is 6.91. The Balaban J connectivity index is 2.25. The number of aromatic amines is 1. The molecule has 0 unspecified atom stereocenters. The van der Waals surface area contributed by atoms with Crippen LogP contribution < -0.4 is 0 Å². The Kier molecular flexibility index (Phi) is 2.53. The van der Waals surface area contributed by atoms with Gasteiger partial charge in [0.25, 0.3) is 0 Å². The maximum atomic E-state index is 5.22. The number of benzene rings is 1. The van der Waals surface area contributed by atoms with E-state index in [1.807, 2.05) is 0 Å². The van der Waals surface area contributed by atoms with Crippen LogP contribution >= 0.6 is 23.6 Å². The normalized spacial score (nSPS) is 10.9. The minimum absolute atomic E-state index is 0.669. The molecule has 1 N–H and O–H groups in total. The lowest BCUT2D eigenvalue weighted by Gasteiger charge is -1.97. The molecule has 0 aliphatic heterocycles. The van der Waals surface area contributed by atoms with Crippen LogP contribution in [0.3, 0.4) is 0 Å². The number of thiophene rings is 1. The number of fused-ring (bicyclic) bond motifs is 1. The largest absolute Gasteiger partial charge is 0.345 e. The molecule has 0 radical (unpaired) electrons. The summed E-state index contributed by atoms with van der Waals surface area (Å²) in [7, 11) is 0. The van der Waals surface area contributed by atoms with Crippen molar-refractivity contribution in [2.75, 3.05) is 0 Å². The predicted octanol–water partition coefficient (Wildman–Crippen LogP) is 4.33. The van der Waals surface area contributed by atoms with Gasteiger partial charge in [0.15, 0.2) is 0 Å². The van der Waals surface area contributed by atoms with Gasteiger partial charge in [-0.3, -0.25) is 0 Å². The van der Waals surface area contributed by atoms with Crippen LogP contribution in [0.1, 0.15) is 5.56 Å². The molecule has 0 aliphatic carbocycles. The van der Waals surface area contributed by atoms with Crippen molar-refractivity contribution < 1.29 is 0 Å². The first-order valence-electron chi connectivity index (χ1n) is 5.28. The minimum atomic E-state index is 0.669. The number of nitrogens with zero attached hydrogens (tertiary/aromatic N) is 1. The molecule has 0 saturated heterocycles. The van der Waals surface area contributed by atoms with Gasteiger partial charge in [0.05, 0.1) is 16.5 Å². The van der Waals surface area contributed by atoms with E-state index in [1.54, 1.807) is 17.7 Å². The molecule has 0 spiro atoms. The maximum absolute atomic E-state index is 5.22. The highest BCUT2D eigenvalue weighted by Crippen LogP contribution is 2.32. The summed E-state index contributed by atoms with van der Waals surface area (Å²) in [5, 5.41) is 0. The highest BCUT2D eigenvalue weighted by Gasteiger charge is 2.05. The van der Waals surface area contributed by atoms with Crippen molar-refractivity contribution in [2.45, 2.75) is 6.92 Å². The van der Waals surface area contributed by atoms with Crippen LogP contribution in [-0.4, -0.2) is 9.97 Å². The molecule has 0 bridgehead atoms. The Bertz CT molecular complexity index is 740. The Morgan fingerprint density at radius 3 is 2.94 bits per heavy atom. The SMILES string of the molecule is Cc1cccc(-c2cc3[nH]cnc(=S)c3s2)c1. The second-order valence-corrected chi connectivity index (χ2v) is 5.37. The Hall–Kier alpha value is -1.52. The summed E-state index contributed by atoms with van der Waals surface area (Å²) in [5.74, 6) is 0. The molecule has 0 fully saturated rings. The van der Waals surface area contributed by atoms with Crippen molar-refractivity contribution in [3.05, 3.63) is 46.9 Å². The summed E-state index contributed by atoms with van der Waals surface area (Å²) < 4.78 is 1.72. The fourth-order valence-electron chi connectivity index (χ4n) is 1.82. The topological polar surface area (TPSA) is 28.7 Å². The number of nitrogens with one attached hydrogen (secondary N) is 1. The lowest BCUT2D eigenvalue weighted by atomic mass is 10.1. The number of rotatable bonds is 1. The average molecular weight is 258 g/mol. The van der Waals surface area contributed by atoms with E-state index in [1.165, 1.54) is 16.0 Å². The second kappa shape index (κ2) is 4.05. The van der Waals surface area contributed by atoms with Crippen molar-refractivity contribution >= 4 is 33.8 Å². The molecule has 1 aromatic carbocycles. The summed E-state index contributed by atoms with van der Waals surface area (Å²) in [6.07, 6.45) is 1.65. The molecule has 4 heteroatoms. The lowest BCUT2D eigenvalue weighted by molar-refractivity contribution is 1.21. The minimum Gasteiger partial charge on any atom is -0.345 e. The lowest BCUT2D eigenvalue weighted by Crippen LogP contribution is -1.76. The summed E-state index contributed by atoms with van der Waals surface area (Å²) in [6, 6.07) is 10.6. The Morgan fingerprint density at radius 2 is 2.18 bits per heavy atom. The van der Waals surface area contributed by atoms with Gasteiger partial charge in [0, 0.05) is 4.88 Å². The monoisotopic (exact) mass is 258 g/mol. The molecule has 0 saturated carbocycles. The van der Waals surface area contributed by atoms with Gasteiger partial charge in [-0.25, -0.2) is 4.98 Å².